The van der Waals surface area contributed by atoms with Crippen LogP contribution in [0.4, 0.5) is 0 Å². The summed E-state index contributed by atoms with van der Waals surface area (Å²) in [5, 5.41) is 0. The van der Waals surface area contributed by atoms with Gasteiger partial charge < -0.3 is 53.9 Å². The Balaban J connectivity index is 0. The number of rotatable bonds is 0. The van der Waals surface area contributed by atoms with Crippen LogP contribution in [0.3, 0.4) is 0 Å². The maximum Gasteiger partial charge on any atom is 3.00 e. The molecule has 7 heteroatoms. The quantitative estimate of drug-likeness (QED) is 0.377. The Morgan fingerprint density at radius 2 is 0.571 bits per heavy atom. The van der Waals surface area contributed by atoms with Gasteiger partial charge in [0.2, 0.25) is 0 Å². The third-order valence-electron chi connectivity index (χ3n) is 0. The third kappa shape index (κ3) is 39.9. The molecule has 0 aliphatic carbocycles. The number of hydrogen-bond donors (Lipinski definition) is 0. The first-order valence-corrected chi connectivity index (χ1v) is 0. The molecule has 0 aromatic rings. The molecule has 0 saturated heterocycles. The van der Waals surface area contributed by atoms with Gasteiger partial charge >= 0.3 is 56.9 Å². The maximum absolute atomic E-state index is 0. The normalized spacial score (nSPS) is 0. The number of hydrogen-bond acceptors (Lipinski definition) is 0. The van der Waals surface area contributed by atoms with Crippen LogP contribution in [0.25, 0.3) is 0 Å². The molecule has 0 bridgehead atoms. The van der Waals surface area contributed by atoms with Crippen LogP contribution in [-0.2, 0) is 0 Å². The van der Waals surface area contributed by atoms with Gasteiger partial charge in [-0.25, -0.2) is 0 Å². The molecule has 0 spiro atoms. The van der Waals surface area contributed by atoms with Crippen molar-refractivity contribution < 1.29 is 0 Å². The molecule has 0 heterocycles. The molecule has 0 aromatic carbocycles. The minimum atomic E-state index is 0. The van der Waals surface area contributed by atoms with Crippen LogP contribution in [0, 0.1) is 0 Å². The van der Waals surface area contributed by atoms with Gasteiger partial charge in [0, 0.05) is 17.4 Å². The molecule has 0 aliphatic heterocycles. The first-order chi connectivity index (χ1) is 0. The van der Waals surface area contributed by atoms with Crippen LogP contribution in [0.15, 0.2) is 0 Å². The zero-order valence-electron chi connectivity index (χ0n) is 3.65. The van der Waals surface area contributed by atoms with Crippen molar-refractivity contribution in [1.82, 2.24) is 0 Å². The van der Waals surface area contributed by atoms with E-state index in [-0.39, 0.29) is 128 Å². The summed E-state index contributed by atoms with van der Waals surface area (Å²) in [7, 11) is 0. The third-order valence-corrected chi connectivity index (χ3v) is 0. The van der Waals surface area contributed by atoms with E-state index in [0.717, 1.165) is 0 Å². The predicted molar refractivity (Wildman–Crippen MR) is 40.3 cm³/mol. The SMILES string of the molecule is [Al+3].[Al].[As-3].[As-3].[As-3].[Ga+3].[Ga+3]. The van der Waals surface area contributed by atoms with Crippen LogP contribution in [0.1, 0.15) is 0 Å². The average Bonchev–Trinajstić information content (AvgIpc) is 0. The fourth-order valence-electron chi connectivity index (χ4n) is 0. The fourth-order valence-corrected chi connectivity index (χ4v) is 0. The summed E-state index contributed by atoms with van der Waals surface area (Å²) >= 11 is 0. The van der Waals surface area contributed by atoms with E-state index in [1.165, 1.54) is 0 Å². The largest absolute Gasteiger partial charge is 3.00 e. The van der Waals surface area contributed by atoms with Gasteiger partial charge in [0.15, 0.2) is 0 Å². The Morgan fingerprint density at radius 3 is 0.571 bits per heavy atom. The van der Waals surface area contributed by atoms with Gasteiger partial charge in [-0.05, 0) is 0 Å². The molecule has 0 rings (SSSR count). The van der Waals surface area contributed by atoms with Crippen molar-refractivity contribution in [2.45, 2.75) is 0 Å². The topological polar surface area (TPSA) is 0 Å². The summed E-state index contributed by atoms with van der Waals surface area (Å²) in [4.78, 5) is 0. The fraction of sp³-hybridized carbons (Fsp3) is 0. The van der Waals surface area contributed by atoms with E-state index in [2.05, 4.69) is 0 Å². The van der Waals surface area contributed by atoms with Gasteiger partial charge in [-0.3, -0.25) is 0 Å². The second-order valence-corrected chi connectivity index (χ2v) is 0. The Morgan fingerprint density at radius 1 is 0.571 bits per heavy atom. The molecule has 0 aromatic heterocycles. The molecular formula is Al2As3Ga2. The van der Waals surface area contributed by atoms with Crippen molar-refractivity contribution in [3.05, 3.63) is 0 Å². The molecule has 3 radical (unpaired) electrons. The Bertz CT molecular complexity index is 10.9. The van der Waals surface area contributed by atoms with Crippen LogP contribution in [0.5, 0.6) is 0 Å². The zero-order chi connectivity index (χ0) is 0. The molecule has 0 N–H and O–H groups in total. The van der Waals surface area contributed by atoms with E-state index in [0.29, 0.717) is 0 Å². The summed E-state index contributed by atoms with van der Waals surface area (Å²) in [6, 6.07) is 0. The van der Waals surface area contributed by atoms with E-state index < -0.39 is 0 Å². The van der Waals surface area contributed by atoms with E-state index in [9.17, 15) is 0 Å². The summed E-state index contributed by atoms with van der Waals surface area (Å²) in [6.45, 7) is 0. The van der Waals surface area contributed by atoms with Crippen molar-refractivity contribution in [3.8, 4) is 0 Å². The Labute approximate surface area is 126 Å². The van der Waals surface area contributed by atoms with Crippen LogP contribution in [0.2, 0.25) is 0 Å². The van der Waals surface area contributed by atoms with E-state index in [1.807, 2.05) is 0 Å². The van der Waals surface area contributed by atoms with E-state index in [4.69, 9.17) is 0 Å². The molecule has 7 heavy (non-hydrogen) atoms. The van der Waals surface area contributed by atoms with Gasteiger partial charge in [0.25, 0.3) is 0 Å². The smallest absolute Gasteiger partial charge is 3.00 e. The van der Waals surface area contributed by atoms with Gasteiger partial charge in [-0.2, -0.15) is 0 Å². The monoisotopic (exact) mass is 417 g/mol. The van der Waals surface area contributed by atoms with Crippen molar-refractivity contribution in [1.29, 1.82) is 0 Å². The van der Waals surface area contributed by atoms with Crippen LogP contribution >= 0.6 is 0 Å². The predicted octanol–water partition coefficient (Wildman–Crippen LogP) is -2.67. The molecule has 0 aliphatic rings. The molecule has 0 nitrogen and oxygen atoms in total. The minimum absolute atomic E-state index is 0. The Kier molecular flexibility index (Phi) is 495. The molecular weight excluding hydrogens is 418 g/mol. The first-order valence-electron chi connectivity index (χ1n) is 0. The second kappa shape index (κ2) is 50.5. The molecule has 0 atom stereocenters. The molecule has 0 amide bonds. The molecule has 0 saturated carbocycles. The van der Waals surface area contributed by atoms with Crippen molar-refractivity contribution in [2.75, 3.05) is 0 Å². The van der Waals surface area contributed by atoms with E-state index >= 15 is 0 Å². The van der Waals surface area contributed by atoms with Gasteiger partial charge in [0.05, 0.1) is 0 Å². The second-order valence-electron chi connectivity index (χ2n) is 0. The van der Waals surface area contributed by atoms with Gasteiger partial charge in [0.1, 0.15) is 0 Å². The summed E-state index contributed by atoms with van der Waals surface area (Å²) < 4.78 is 0. The summed E-state index contributed by atoms with van der Waals surface area (Å²) in [5.41, 5.74) is 0. The Hall–Kier alpha value is 4.01. The average molecular weight is 418 g/mol. The van der Waals surface area contributed by atoms with Gasteiger partial charge in [-0.15, -0.1) is 0 Å². The maximum atomic E-state index is 0. The van der Waals surface area contributed by atoms with Crippen molar-refractivity contribution in [3.63, 3.8) is 0 Å². The first kappa shape index (κ1) is 68.6. The van der Waals surface area contributed by atoms with E-state index in [1.54, 1.807) is 0 Å². The van der Waals surface area contributed by atoms with Crippen molar-refractivity contribution >= 4 is 128 Å². The standard InChI is InChI=1S/2Al.3As.2Ga/q;+3;3*-3;2*+3. The van der Waals surface area contributed by atoms with Crippen LogP contribution in [-0.4, -0.2) is 128 Å². The van der Waals surface area contributed by atoms with Crippen LogP contribution < -0.4 is 0 Å². The summed E-state index contributed by atoms with van der Waals surface area (Å²) in [5.74, 6) is 0. The zero-order valence-corrected chi connectivity index (χ0v) is 16.4. The summed E-state index contributed by atoms with van der Waals surface area (Å²) in [6.07, 6.45) is 0. The molecule has 0 unspecified atom stereocenters. The minimum Gasteiger partial charge on any atom is -3.00 e. The van der Waals surface area contributed by atoms with Crippen molar-refractivity contribution in [2.24, 2.45) is 0 Å². The van der Waals surface area contributed by atoms with Gasteiger partial charge in [-0.1, -0.05) is 0 Å². The molecule has 0 fully saturated rings. The molecule has 27 valence electrons.